The van der Waals surface area contributed by atoms with Crippen LogP contribution in [0.2, 0.25) is 0 Å². The fourth-order valence-corrected chi connectivity index (χ4v) is 2.07. The number of rotatable bonds is 0. The third-order valence-corrected chi connectivity index (χ3v) is 2.69. The number of halogens is 1. The van der Waals surface area contributed by atoms with E-state index in [4.69, 9.17) is 0 Å². The summed E-state index contributed by atoms with van der Waals surface area (Å²) >= 11 is 4.98. The van der Waals surface area contributed by atoms with Gasteiger partial charge in [-0.1, -0.05) is 0 Å². The number of hydrogen-bond acceptors (Lipinski definition) is 2. The van der Waals surface area contributed by atoms with Gasteiger partial charge in [0.05, 0.1) is 4.70 Å². The minimum atomic E-state index is 1.04. The van der Waals surface area contributed by atoms with Gasteiger partial charge in [0.2, 0.25) is 0 Å². The molecule has 0 aliphatic heterocycles. The Morgan fingerprint density at radius 2 is 2.40 bits per heavy atom. The van der Waals surface area contributed by atoms with Gasteiger partial charge in [0.25, 0.3) is 0 Å². The fraction of sp³-hybridized carbons (Fsp3) is 0. The number of pyridine rings is 1. The lowest BCUT2D eigenvalue weighted by Gasteiger charge is -1.89. The van der Waals surface area contributed by atoms with Crippen molar-refractivity contribution in [1.29, 1.82) is 0 Å². The van der Waals surface area contributed by atoms with E-state index in [2.05, 4.69) is 26.3 Å². The van der Waals surface area contributed by atoms with Gasteiger partial charge >= 0.3 is 0 Å². The molecule has 1 radical (unpaired) electrons. The van der Waals surface area contributed by atoms with Crippen LogP contribution in [0.15, 0.2) is 22.9 Å². The predicted molar refractivity (Wildman–Crippen MR) is 46.2 cm³/mol. The highest BCUT2D eigenvalue weighted by Gasteiger charge is 1.97. The normalized spacial score (nSPS) is 10.5. The molecule has 0 fully saturated rings. The average Bonchev–Trinajstić information content (AvgIpc) is 2.36. The summed E-state index contributed by atoms with van der Waals surface area (Å²) in [6, 6.07) is 1.96. The van der Waals surface area contributed by atoms with E-state index >= 15 is 0 Å². The summed E-state index contributed by atoms with van der Waals surface area (Å²) in [4.78, 5) is 4.03. The molecule has 0 atom stereocenters. The Morgan fingerprint density at radius 1 is 1.50 bits per heavy atom. The van der Waals surface area contributed by atoms with Crippen molar-refractivity contribution < 1.29 is 0 Å². The molecule has 3 heteroatoms. The van der Waals surface area contributed by atoms with Crippen LogP contribution in [0, 0.1) is 5.38 Å². The monoisotopic (exact) mass is 212 g/mol. The zero-order valence-corrected chi connectivity index (χ0v) is 7.37. The SMILES string of the molecule is Brc1cncc2s[c]cc12. The highest BCUT2D eigenvalue weighted by Crippen LogP contribution is 2.25. The second-order valence-electron chi connectivity index (χ2n) is 1.90. The first-order chi connectivity index (χ1) is 4.88. The van der Waals surface area contributed by atoms with E-state index < -0.39 is 0 Å². The maximum Gasteiger partial charge on any atom is 0.0544 e. The summed E-state index contributed by atoms with van der Waals surface area (Å²) in [5, 5.41) is 4.24. The highest BCUT2D eigenvalue weighted by atomic mass is 79.9. The predicted octanol–water partition coefficient (Wildman–Crippen LogP) is 2.86. The van der Waals surface area contributed by atoms with Crippen molar-refractivity contribution in [2.75, 3.05) is 0 Å². The molecule has 2 aromatic heterocycles. The lowest BCUT2D eigenvalue weighted by atomic mass is 10.3. The number of nitrogens with zero attached hydrogens (tertiary/aromatic N) is 1. The van der Waals surface area contributed by atoms with E-state index in [1.165, 1.54) is 10.1 Å². The number of aromatic nitrogens is 1. The van der Waals surface area contributed by atoms with E-state index in [1.54, 1.807) is 17.5 Å². The van der Waals surface area contributed by atoms with Crippen LogP contribution in [0.5, 0.6) is 0 Å². The molecule has 2 aromatic rings. The van der Waals surface area contributed by atoms with Crippen molar-refractivity contribution in [3.63, 3.8) is 0 Å². The zero-order valence-electron chi connectivity index (χ0n) is 4.97. The maximum absolute atomic E-state index is 4.03. The molecule has 49 valence electrons. The zero-order chi connectivity index (χ0) is 6.97. The molecule has 0 unspecified atom stereocenters. The van der Waals surface area contributed by atoms with E-state index in [1.807, 2.05) is 12.3 Å². The van der Waals surface area contributed by atoms with Gasteiger partial charge in [-0.15, -0.1) is 11.3 Å². The smallest absolute Gasteiger partial charge is 0.0544 e. The van der Waals surface area contributed by atoms with Gasteiger partial charge in [-0.25, -0.2) is 0 Å². The molecule has 0 amide bonds. The summed E-state index contributed by atoms with van der Waals surface area (Å²) in [5.74, 6) is 0. The quantitative estimate of drug-likeness (QED) is 0.655. The van der Waals surface area contributed by atoms with Gasteiger partial charge in [0.1, 0.15) is 0 Å². The largest absolute Gasteiger partial charge is 0.262 e. The molecular weight excluding hydrogens is 210 g/mol. The summed E-state index contributed by atoms with van der Waals surface area (Å²) < 4.78 is 2.22. The van der Waals surface area contributed by atoms with Gasteiger partial charge in [0, 0.05) is 27.6 Å². The van der Waals surface area contributed by atoms with E-state index in [9.17, 15) is 0 Å². The Kier molecular flexibility index (Phi) is 1.47. The number of hydrogen-bond donors (Lipinski definition) is 0. The van der Waals surface area contributed by atoms with Crippen molar-refractivity contribution >= 4 is 37.4 Å². The molecule has 0 saturated heterocycles. The summed E-state index contributed by atoms with van der Waals surface area (Å²) in [7, 11) is 0. The molecule has 0 aromatic carbocycles. The first-order valence-corrected chi connectivity index (χ1v) is 4.38. The van der Waals surface area contributed by atoms with Crippen LogP contribution in [-0.4, -0.2) is 4.98 Å². The van der Waals surface area contributed by atoms with Gasteiger partial charge < -0.3 is 0 Å². The minimum absolute atomic E-state index is 1.04. The third kappa shape index (κ3) is 0.859. The highest BCUT2D eigenvalue weighted by molar-refractivity contribution is 9.10. The Bertz CT molecular complexity index is 355. The average molecular weight is 213 g/mol. The third-order valence-electron chi connectivity index (χ3n) is 1.27. The van der Waals surface area contributed by atoms with Crippen LogP contribution >= 0.6 is 27.3 Å². The Morgan fingerprint density at radius 3 is 3.20 bits per heavy atom. The van der Waals surface area contributed by atoms with Crippen molar-refractivity contribution in [1.82, 2.24) is 4.98 Å². The second kappa shape index (κ2) is 2.32. The molecule has 0 aliphatic rings. The molecule has 1 nitrogen and oxygen atoms in total. The van der Waals surface area contributed by atoms with Crippen LogP contribution < -0.4 is 0 Å². The molecule has 0 bridgehead atoms. The first kappa shape index (κ1) is 6.31. The summed E-state index contributed by atoms with van der Waals surface area (Å²) in [6.07, 6.45) is 3.64. The van der Waals surface area contributed by atoms with E-state index in [0.29, 0.717) is 0 Å². The first-order valence-electron chi connectivity index (χ1n) is 2.77. The van der Waals surface area contributed by atoms with Gasteiger partial charge in [-0.2, -0.15) is 0 Å². The van der Waals surface area contributed by atoms with Crippen LogP contribution in [0.3, 0.4) is 0 Å². The van der Waals surface area contributed by atoms with Gasteiger partial charge in [-0.05, 0) is 22.0 Å². The standard InChI is InChI=1S/C7H3BrNS/c8-6-3-9-4-7-5(6)1-2-10-7/h1,3-4H. The minimum Gasteiger partial charge on any atom is -0.262 e. The maximum atomic E-state index is 4.03. The van der Waals surface area contributed by atoms with Crippen LogP contribution in [0.4, 0.5) is 0 Å². The molecule has 0 N–H and O–H groups in total. The van der Waals surface area contributed by atoms with Crippen LogP contribution in [0.1, 0.15) is 0 Å². The molecule has 0 aliphatic carbocycles. The Balaban J connectivity index is 2.95. The van der Waals surface area contributed by atoms with E-state index in [-0.39, 0.29) is 0 Å². The Labute approximate surface area is 70.8 Å². The molecule has 2 rings (SSSR count). The Hall–Kier alpha value is -0.410. The van der Waals surface area contributed by atoms with Crippen molar-refractivity contribution in [2.45, 2.75) is 0 Å². The lowest BCUT2D eigenvalue weighted by Crippen LogP contribution is -1.69. The van der Waals surface area contributed by atoms with E-state index in [0.717, 1.165) is 4.47 Å². The molecule has 10 heavy (non-hydrogen) atoms. The molecule has 2 heterocycles. The topological polar surface area (TPSA) is 12.9 Å². The molecular formula is C7H3BrNS. The molecule has 0 spiro atoms. The van der Waals surface area contributed by atoms with Crippen molar-refractivity contribution in [3.8, 4) is 0 Å². The van der Waals surface area contributed by atoms with Crippen molar-refractivity contribution in [2.24, 2.45) is 0 Å². The number of fused-ring (bicyclic) bond motifs is 1. The fourth-order valence-electron chi connectivity index (χ4n) is 0.800. The van der Waals surface area contributed by atoms with Gasteiger partial charge in [0.15, 0.2) is 0 Å². The summed E-state index contributed by atoms with van der Waals surface area (Å²) in [6.45, 7) is 0. The summed E-state index contributed by atoms with van der Waals surface area (Å²) in [5.41, 5.74) is 0. The van der Waals surface area contributed by atoms with Crippen molar-refractivity contribution in [3.05, 3.63) is 28.3 Å². The van der Waals surface area contributed by atoms with Crippen LogP contribution in [-0.2, 0) is 0 Å². The second-order valence-corrected chi connectivity index (χ2v) is 3.63. The lowest BCUT2D eigenvalue weighted by molar-refractivity contribution is 1.36. The number of thiophene rings is 1. The van der Waals surface area contributed by atoms with Crippen LogP contribution in [0.25, 0.3) is 10.1 Å². The molecule has 0 saturated carbocycles. The van der Waals surface area contributed by atoms with Gasteiger partial charge in [-0.3, -0.25) is 4.98 Å².